The van der Waals surface area contributed by atoms with Gasteiger partial charge in [-0.05, 0) is 40.7 Å². The van der Waals surface area contributed by atoms with Crippen LogP contribution >= 0.6 is 15.9 Å². The summed E-state index contributed by atoms with van der Waals surface area (Å²) in [4.78, 5) is 0. The monoisotopic (exact) mass is 297 g/mol. The third kappa shape index (κ3) is 3.20. The number of furan rings is 1. The highest BCUT2D eigenvalue weighted by Crippen LogP contribution is 2.23. The van der Waals surface area contributed by atoms with E-state index in [4.69, 9.17) is 4.42 Å². The number of aryl methyl sites for hydroxylation is 1. The molecule has 2 rings (SSSR count). The summed E-state index contributed by atoms with van der Waals surface area (Å²) in [6, 6.07) is 6.10. The largest absolute Gasteiger partial charge is 0.453 e. The van der Waals surface area contributed by atoms with E-state index < -0.39 is 0 Å². The summed E-state index contributed by atoms with van der Waals surface area (Å²) in [5.74, 6) is 0.935. The maximum atomic E-state index is 5.60. The van der Waals surface area contributed by atoms with Crippen LogP contribution in [0.5, 0.6) is 0 Å². The van der Waals surface area contributed by atoms with Crippen molar-refractivity contribution >= 4 is 15.9 Å². The fourth-order valence-electron chi connectivity index (χ4n) is 1.82. The Labute approximate surface area is 109 Å². The van der Waals surface area contributed by atoms with Gasteiger partial charge in [-0.15, -0.1) is 0 Å². The molecule has 1 N–H and O–H groups in total. The highest BCUT2D eigenvalue weighted by atomic mass is 79.9. The highest BCUT2D eigenvalue weighted by Gasteiger charge is 2.16. The second-order valence-corrected chi connectivity index (χ2v) is 4.72. The van der Waals surface area contributed by atoms with Crippen molar-refractivity contribution in [3.05, 3.63) is 40.5 Å². The number of aromatic nitrogens is 2. The lowest BCUT2D eigenvalue weighted by molar-refractivity contribution is 0.402. The topological polar surface area (TPSA) is 43.0 Å². The van der Waals surface area contributed by atoms with E-state index in [2.05, 4.69) is 33.3 Å². The van der Waals surface area contributed by atoms with Crippen LogP contribution in [0.4, 0.5) is 0 Å². The minimum atomic E-state index is 0.168. The molecule has 17 heavy (non-hydrogen) atoms. The number of nitrogens with zero attached hydrogens (tertiary/aromatic N) is 2. The molecule has 0 fully saturated rings. The standard InChI is InChI=1S/C12H16BrN3O/c1-3-14-10(11-4-5-12(13)17-11)8-9-6-7-16(2)15-9/h4-7,10,14H,3,8H2,1-2H3. The van der Waals surface area contributed by atoms with Crippen molar-refractivity contribution in [1.82, 2.24) is 15.1 Å². The molecule has 0 spiro atoms. The SMILES string of the molecule is CCNC(Cc1ccn(C)n1)c1ccc(Br)o1. The molecule has 2 aromatic rings. The summed E-state index contributed by atoms with van der Waals surface area (Å²) in [5, 5.41) is 7.79. The Bertz CT molecular complexity index is 478. The minimum absolute atomic E-state index is 0.168. The number of hydrogen-bond donors (Lipinski definition) is 1. The Kier molecular flexibility index (Phi) is 4.02. The Morgan fingerprint density at radius 3 is 2.82 bits per heavy atom. The molecule has 0 saturated heterocycles. The van der Waals surface area contributed by atoms with Gasteiger partial charge in [-0.3, -0.25) is 4.68 Å². The zero-order valence-corrected chi connectivity index (χ0v) is 11.6. The summed E-state index contributed by atoms with van der Waals surface area (Å²) >= 11 is 3.33. The summed E-state index contributed by atoms with van der Waals surface area (Å²) in [6.45, 7) is 2.99. The number of likely N-dealkylation sites (N-methyl/N-ethyl adjacent to an activating group) is 1. The van der Waals surface area contributed by atoms with Crippen LogP contribution in [0, 0.1) is 0 Å². The van der Waals surface area contributed by atoms with E-state index in [-0.39, 0.29) is 6.04 Å². The van der Waals surface area contributed by atoms with Crippen molar-refractivity contribution in [3.8, 4) is 0 Å². The van der Waals surface area contributed by atoms with Gasteiger partial charge in [-0.25, -0.2) is 0 Å². The Morgan fingerprint density at radius 1 is 1.47 bits per heavy atom. The molecule has 4 nitrogen and oxygen atoms in total. The fourth-order valence-corrected chi connectivity index (χ4v) is 2.14. The van der Waals surface area contributed by atoms with Crippen molar-refractivity contribution < 1.29 is 4.42 Å². The average molecular weight is 298 g/mol. The molecule has 1 unspecified atom stereocenters. The van der Waals surface area contributed by atoms with Gasteiger partial charge >= 0.3 is 0 Å². The quantitative estimate of drug-likeness (QED) is 0.923. The van der Waals surface area contributed by atoms with Gasteiger partial charge in [-0.2, -0.15) is 5.10 Å². The third-order valence-electron chi connectivity index (χ3n) is 2.57. The highest BCUT2D eigenvalue weighted by molar-refractivity contribution is 9.10. The van der Waals surface area contributed by atoms with Crippen LogP contribution in [-0.2, 0) is 13.5 Å². The summed E-state index contributed by atoms with van der Waals surface area (Å²) in [7, 11) is 1.93. The number of halogens is 1. The molecule has 0 aliphatic carbocycles. The molecule has 2 heterocycles. The molecule has 0 bridgehead atoms. The maximum absolute atomic E-state index is 5.60. The number of rotatable bonds is 5. The number of hydrogen-bond acceptors (Lipinski definition) is 3. The van der Waals surface area contributed by atoms with Gasteiger partial charge in [0.2, 0.25) is 0 Å². The predicted octanol–water partition coefficient (Wildman–Crippen LogP) is 2.67. The van der Waals surface area contributed by atoms with Gasteiger partial charge in [0.25, 0.3) is 0 Å². The summed E-state index contributed by atoms with van der Waals surface area (Å²) in [5.41, 5.74) is 1.06. The summed E-state index contributed by atoms with van der Waals surface area (Å²) < 4.78 is 8.17. The van der Waals surface area contributed by atoms with Crippen LogP contribution in [0.25, 0.3) is 0 Å². The van der Waals surface area contributed by atoms with E-state index >= 15 is 0 Å². The first-order valence-corrected chi connectivity index (χ1v) is 6.45. The molecule has 0 saturated carbocycles. The minimum Gasteiger partial charge on any atom is -0.453 e. The zero-order valence-electron chi connectivity index (χ0n) is 9.98. The molecule has 0 amide bonds. The van der Waals surface area contributed by atoms with Gasteiger partial charge in [0.05, 0.1) is 11.7 Å². The lowest BCUT2D eigenvalue weighted by Gasteiger charge is -2.13. The van der Waals surface area contributed by atoms with E-state index in [0.29, 0.717) is 0 Å². The molecule has 0 aliphatic rings. The maximum Gasteiger partial charge on any atom is 0.169 e. The van der Waals surface area contributed by atoms with E-state index in [1.165, 1.54) is 0 Å². The molecule has 1 atom stereocenters. The predicted molar refractivity (Wildman–Crippen MR) is 69.7 cm³/mol. The van der Waals surface area contributed by atoms with E-state index in [1.807, 2.05) is 36.1 Å². The van der Waals surface area contributed by atoms with Gasteiger partial charge in [0.15, 0.2) is 4.67 Å². The van der Waals surface area contributed by atoms with Crippen molar-refractivity contribution in [2.75, 3.05) is 6.54 Å². The van der Waals surface area contributed by atoms with Crippen molar-refractivity contribution in [2.45, 2.75) is 19.4 Å². The smallest absolute Gasteiger partial charge is 0.169 e. The van der Waals surface area contributed by atoms with E-state index in [0.717, 1.165) is 29.1 Å². The Hall–Kier alpha value is -1.07. The molecule has 0 aromatic carbocycles. The normalized spacial score (nSPS) is 12.9. The van der Waals surface area contributed by atoms with E-state index in [9.17, 15) is 0 Å². The molecule has 2 aromatic heterocycles. The molecule has 92 valence electrons. The van der Waals surface area contributed by atoms with Crippen LogP contribution in [0.2, 0.25) is 0 Å². The molecule has 0 aliphatic heterocycles. The lowest BCUT2D eigenvalue weighted by Crippen LogP contribution is -2.22. The second kappa shape index (κ2) is 5.51. The van der Waals surface area contributed by atoms with Crippen LogP contribution in [0.3, 0.4) is 0 Å². The van der Waals surface area contributed by atoms with Crippen molar-refractivity contribution in [3.63, 3.8) is 0 Å². The third-order valence-corrected chi connectivity index (χ3v) is 3.00. The second-order valence-electron chi connectivity index (χ2n) is 3.94. The van der Waals surface area contributed by atoms with Crippen LogP contribution in [0.1, 0.15) is 24.4 Å². The van der Waals surface area contributed by atoms with Crippen molar-refractivity contribution in [1.29, 1.82) is 0 Å². The molecular weight excluding hydrogens is 282 g/mol. The van der Waals surface area contributed by atoms with Gasteiger partial charge < -0.3 is 9.73 Å². The zero-order chi connectivity index (χ0) is 12.3. The molecule has 0 radical (unpaired) electrons. The first kappa shape index (κ1) is 12.4. The van der Waals surface area contributed by atoms with E-state index in [1.54, 1.807) is 0 Å². The van der Waals surface area contributed by atoms with Crippen molar-refractivity contribution in [2.24, 2.45) is 7.05 Å². The van der Waals surface area contributed by atoms with Crippen LogP contribution < -0.4 is 5.32 Å². The summed E-state index contributed by atoms with van der Waals surface area (Å²) in [6.07, 6.45) is 2.78. The fraction of sp³-hybridized carbons (Fsp3) is 0.417. The Balaban J connectivity index is 2.12. The first-order chi connectivity index (χ1) is 8.19. The first-order valence-electron chi connectivity index (χ1n) is 5.66. The number of nitrogens with one attached hydrogen (secondary N) is 1. The lowest BCUT2D eigenvalue weighted by atomic mass is 10.1. The van der Waals surface area contributed by atoms with Gasteiger partial charge in [0, 0.05) is 19.7 Å². The van der Waals surface area contributed by atoms with Crippen LogP contribution in [-0.4, -0.2) is 16.3 Å². The van der Waals surface area contributed by atoms with Gasteiger partial charge in [-0.1, -0.05) is 6.92 Å². The molecular formula is C12H16BrN3O. The average Bonchev–Trinajstić information content (AvgIpc) is 2.87. The van der Waals surface area contributed by atoms with Crippen LogP contribution in [0.15, 0.2) is 33.5 Å². The Morgan fingerprint density at radius 2 is 2.29 bits per heavy atom. The van der Waals surface area contributed by atoms with Gasteiger partial charge in [0.1, 0.15) is 5.76 Å². The molecule has 5 heteroatoms.